The van der Waals surface area contributed by atoms with Gasteiger partial charge in [0.25, 0.3) is 0 Å². The monoisotopic (exact) mass is 247 g/mol. The van der Waals surface area contributed by atoms with E-state index in [2.05, 4.69) is 41.2 Å². The molecule has 1 saturated heterocycles. The molecule has 0 aromatic carbocycles. The standard InChI is InChI=1S/C15H25N3/c1-3-16-13(2)15-9-5-7-11-18(15)12-14-8-4-6-10-17-14/h4,6,8,10,13,15-16H,3,5,7,9,11-12H2,1-2H3. The lowest BCUT2D eigenvalue weighted by molar-refractivity contribution is 0.111. The van der Waals surface area contributed by atoms with Gasteiger partial charge in [-0.15, -0.1) is 0 Å². The lowest BCUT2D eigenvalue weighted by Crippen LogP contribution is -2.50. The molecule has 2 rings (SSSR count). The zero-order valence-corrected chi connectivity index (χ0v) is 11.6. The fourth-order valence-corrected chi connectivity index (χ4v) is 2.94. The van der Waals surface area contributed by atoms with E-state index in [0.717, 1.165) is 13.1 Å². The molecule has 0 spiro atoms. The van der Waals surface area contributed by atoms with Crippen LogP contribution >= 0.6 is 0 Å². The number of hydrogen-bond acceptors (Lipinski definition) is 3. The van der Waals surface area contributed by atoms with E-state index in [1.165, 1.54) is 31.5 Å². The number of pyridine rings is 1. The summed E-state index contributed by atoms with van der Waals surface area (Å²) >= 11 is 0. The Labute approximate surface area is 111 Å². The number of hydrogen-bond donors (Lipinski definition) is 1. The normalized spacial score (nSPS) is 22.9. The quantitative estimate of drug-likeness (QED) is 0.866. The molecule has 1 fully saturated rings. The Morgan fingerprint density at radius 3 is 3.06 bits per heavy atom. The van der Waals surface area contributed by atoms with Gasteiger partial charge in [0.15, 0.2) is 0 Å². The summed E-state index contributed by atoms with van der Waals surface area (Å²) < 4.78 is 0. The second kappa shape index (κ2) is 6.86. The Morgan fingerprint density at radius 1 is 1.44 bits per heavy atom. The molecule has 1 aliphatic heterocycles. The van der Waals surface area contributed by atoms with Crippen LogP contribution in [-0.2, 0) is 6.54 Å². The van der Waals surface area contributed by atoms with Crippen LogP contribution in [0.2, 0.25) is 0 Å². The van der Waals surface area contributed by atoms with Gasteiger partial charge >= 0.3 is 0 Å². The second-order valence-electron chi connectivity index (χ2n) is 5.20. The van der Waals surface area contributed by atoms with Crippen molar-refractivity contribution in [3.63, 3.8) is 0 Å². The molecular weight excluding hydrogens is 222 g/mol. The highest BCUT2D eigenvalue weighted by Crippen LogP contribution is 2.21. The average Bonchev–Trinajstić information content (AvgIpc) is 2.41. The minimum atomic E-state index is 0.569. The minimum Gasteiger partial charge on any atom is -0.313 e. The summed E-state index contributed by atoms with van der Waals surface area (Å²) in [5.74, 6) is 0. The van der Waals surface area contributed by atoms with Gasteiger partial charge in [0.2, 0.25) is 0 Å². The fourth-order valence-electron chi connectivity index (χ4n) is 2.94. The summed E-state index contributed by atoms with van der Waals surface area (Å²) in [4.78, 5) is 7.05. The highest BCUT2D eigenvalue weighted by atomic mass is 15.2. The van der Waals surface area contributed by atoms with Gasteiger partial charge in [-0.25, -0.2) is 0 Å². The lowest BCUT2D eigenvalue weighted by Gasteiger charge is -2.39. The van der Waals surface area contributed by atoms with Crippen molar-refractivity contribution in [1.29, 1.82) is 0 Å². The van der Waals surface area contributed by atoms with Crippen LogP contribution in [0.3, 0.4) is 0 Å². The molecule has 2 unspecified atom stereocenters. The summed E-state index contributed by atoms with van der Waals surface area (Å²) in [6.07, 6.45) is 5.88. The molecule has 3 nitrogen and oxygen atoms in total. The number of rotatable bonds is 5. The van der Waals surface area contributed by atoms with Crippen LogP contribution in [0, 0.1) is 0 Å². The minimum absolute atomic E-state index is 0.569. The van der Waals surface area contributed by atoms with Gasteiger partial charge < -0.3 is 5.32 Å². The highest BCUT2D eigenvalue weighted by Gasteiger charge is 2.26. The predicted octanol–water partition coefficient (Wildman–Crippen LogP) is 2.43. The molecule has 3 heteroatoms. The number of nitrogens with one attached hydrogen (secondary N) is 1. The molecule has 1 N–H and O–H groups in total. The van der Waals surface area contributed by atoms with Gasteiger partial charge in [-0.2, -0.15) is 0 Å². The van der Waals surface area contributed by atoms with Crippen LogP contribution < -0.4 is 5.32 Å². The Morgan fingerprint density at radius 2 is 2.33 bits per heavy atom. The Hall–Kier alpha value is -0.930. The molecule has 18 heavy (non-hydrogen) atoms. The number of nitrogens with zero attached hydrogens (tertiary/aromatic N) is 2. The van der Waals surface area contributed by atoms with Crippen molar-refractivity contribution in [2.24, 2.45) is 0 Å². The van der Waals surface area contributed by atoms with Gasteiger partial charge in [0, 0.05) is 24.8 Å². The van der Waals surface area contributed by atoms with Gasteiger partial charge in [-0.05, 0) is 45.0 Å². The van der Waals surface area contributed by atoms with E-state index in [1.54, 1.807) is 0 Å². The van der Waals surface area contributed by atoms with Crippen LogP contribution in [0.15, 0.2) is 24.4 Å². The van der Waals surface area contributed by atoms with Gasteiger partial charge in [0.1, 0.15) is 0 Å². The smallest absolute Gasteiger partial charge is 0.0544 e. The first kappa shape index (κ1) is 13.5. The summed E-state index contributed by atoms with van der Waals surface area (Å²) in [6.45, 7) is 7.74. The summed E-state index contributed by atoms with van der Waals surface area (Å²) in [7, 11) is 0. The first-order valence-corrected chi connectivity index (χ1v) is 7.18. The molecule has 0 saturated carbocycles. The Balaban J connectivity index is 1.99. The maximum absolute atomic E-state index is 4.45. The van der Waals surface area contributed by atoms with Crippen LogP contribution in [-0.4, -0.2) is 35.1 Å². The Kier molecular flexibility index (Phi) is 5.14. The van der Waals surface area contributed by atoms with Gasteiger partial charge in [0.05, 0.1) is 5.69 Å². The third-order valence-corrected chi connectivity index (χ3v) is 3.86. The summed E-state index contributed by atoms with van der Waals surface area (Å²) in [6, 6.07) is 7.41. The molecule has 2 heterocycles. The van der Waals surface area contributed by atoms with E-state index in [1.807, 2.05) is 12.3 Å². The van der Waals surface area contributed by atoms with Crippen LogP contribution in [0.25, 0.3) is 0 Å². The zero-order chi connectivity index (χ0) is 12.8. The number of aromatic nitrogens is 1. The second-order valence-corrected chi connectivity index (χ2v) is 5.20. The molecule has 1 aromatic rings. The molecule has 0 aliphatic carbocycles. The van der Waals surface area contributed by atoms with Gasteiger partial charge in [-0.3, -0.25) is 9.88 Å². The first-order valence-electron chi connectivity index (χ1n) is 7.18. The molecule has 2 atom stereocenters. The summed E-state index contributed by atoms with van der Waals surface area (Å²) in [5.41, 5.74) is 1.19. The topological polar surface area (TPSA) is 28.2 Å². The van der Waals surface area contributed by atoms with Crippen molar-refractivity contribution in [3.8, 4) is 0 Å². The van der Waals surface area contributed by atoms with Crippen LogP contribution in [0.1, 0.15) is 38.8 Å². The van der Waals surface area contributed by atoms with E-state index in [9.17, 15) is 0 Å². The Bertz CT molecular complexity index is 339. The molecule has 1 aromatic heterocycles. The van der Waals surface area contributed by atoms with E-state index >= 15 is 0 Å². The van der Waals surface area contributed by atoms with Crippen LogP contribution in [0.4, 0.5) is 0 Å². The van der Waals surface area contributed by atoms with Crippen LogP contribution in [0.5, 0.6) is 0 Å². The van der Waals surface area contributed by atoms with Crippen molar-refractivity contribution < 1.29 is 0 Å². The number of likely N-dealkylation sites (tertiary alicyclic amines) is 1. The molecule has 0 bridgehead atoms. The van der Waals surface area contributed by atoms with Crippen molar-refractivity contribution in [3.05, 3.63) is 30.1 Å². The van der Waals surface area contributed by atoms with Gasteiger partial charge in [-0.1, -0.05) is 19.4 Å². The zero-order valence-electron chi connectivity index (χ0n) is 11.6. The van der Waals surface area contributed by atoms with E-state index in [-0.39, 0.29) is 0 Å². The number of likely N-dealkylation sites (N-methyl/N-ethyl adjacent to an activating group) is 1. The third-order valence-electron chi connectivity index (χ3n) is 3.86. The molecule has 100 valence electrons. The molecular formula is C15H25N3. The average molecular weight is 247 g/mol. The van der Waals surface area contributed by atoms with Crippen molar-refractivity contribution >= 4 is 0 Å². The maximum Gasteiger partial charge on any atom is 0.0544 e. The number of piperidine rings is 1. The fraction of sp³-hybridized carbons (Fsp3) is 0.667. The highest BCUT2D eigenvalue weighted by molar-refractivity contribution is 5.04. The third kappa shape index (κ3) is 3.53. The SMILES string of the molecule is CCNC(C)C1CCCCN1Cc1ccccn1. The molecule has 0 radical (unpaired) electrons. The maximum atomic E-state index is 4.45. The van der Waals surface area contributed by atoms with E-state index < -0.39 is 0 Å². The van der Waals surface area contributed by atoms with Crippen molar-refractivity contribution in [2.45, 2.75) is 51.7 Å². The van der Waals surface area contributed by atoms with Crippen molar-refractivity contribution in [2.75, 3.05) is 13.1 Å². The van der Waals surface area contributed by atoms with Crippen molar-refractivity contribution in [1.82, 2.24) is 15.2 Å². The van der Waals surface area contributed by atoms with E-state index in [4.69, 9.17) is 0 Å². The largest absolute Gasteiger partial charge is 0.313 e. The predicted molar refractivity (Wildman–Crippen MR) is 75.4 cm³/mol. The first-order chi connectivity index (χ1) is 8.81. The molecule has 1 aliphatic rings. The van der Waals surface area contributed by atoms with E-state index in [0.29, 0.717) is 12.1 Å². The summed E-state index contributed by atoms with van der Waals surface area (Å²) in [5, 5.41) is 3.57. The molecule has 0 amide bonds. The lowest BCUT2D eigenvalue weighted by atomic mass is 9.96.